The maximum atomic E-state index is 10.7. The second kappa shape index (κ2) is 6.34. The van der Waals surface area contributed by atoms with Gasteiger partial charge in [0.15, 0.2) is 0 Å². The predicted molar refractivity (Wildman–Crippen MR) is 46.4 cm³/mol. The van der Waals surface area contributed by atoms with Gasteiger partial charge in [-0.15, -0.1) is 0 Å². The van der Waals surface area contributed by atoms with Crippen molar-refractivity contribution in [3.63, 3.8) is 0 Å². The van der Waals surface area contributed by atoms with Gasteiger partial charge in [0.1, 0.15) is 0 Å². The van der Waals surface area contributed by atoms with E-state index in [2.05, 4.69) is 5.32 Å². The summed E-state index contributed by atoms with van der Waals surface area (Å²) in [6.07, 6.45) is 1.51. The van der Waals surface area contributed by atoms with Crippen LogP contribution in [-0.4, -0.2) is 18.1 Å². The van der Waals surface area contributed by atoms with E-state index in [1.54, 1.807) is 6.92 Å². The molecule has 1 atom stereocenters. The average molecular weight is 176 g/mol. The minimum absolute atomic E-state index is 0.260. The average Bonchev–Trinajstić information content (AvgIpc) is 1.86. The van der Waals surface area contributed by atoms with Crippen LogP contribution >= 0.6 is 12.6 Å². The minimum Gasteiger partial charge on any atom is -0.450 e. The van der Waals surface area contributed by atoms with Crippen molar-refractivity contribution in [1.29, 1.82) is 0 Å². The first kappa shape index (κ1) is 10.6. The Hall–Kier alpha value is -0.380. The Labute approximate surface area is 72.9 Å². The molecule has 0 aromatic rings. The first-order valence-corrected chi connectivity index (χ1v) is 4.23. The summed E-state index contributed by atoms with van der Waals surface area (Å²) in [6.45, 7) is 4.23. The molecule has 65 valence electrons. The van der Waals surface area contributed by atoms with E-state index in [1.165, 1.54) is 0 Å². The largest absolute Gasteiger partial charge is 0.450 e. The van der Waals surface area contributed by atoms with Crippen molar-refractivity contribution >= 4 is 18.7 Å². The Morgan fingerprint density at radius 3 is 2.82 bits per heavy atom. The maximum absolute atomic E-state index is 10.7. The van der Waals surface area contributed by atoms with Crippen molar-refractivity contribution in [3.8, 4) is 0 Å². The molecule has 0 fully saturated rings. The first-order chi connectivity index (χ1) is 5.16. The lowest BCUT2D eigenvalue weighted by Gasteiger charge is -2.07. The smallest absolute Gasteiger partial charge is 0.408 e. The zero-order valence-electron chi connectivity index (χ0n) is 6.92. The van der Waals surface area contributed by atoms with Gasteiger partial charge in [-0.05, 0) is 13.3 Å². The van der Waals surface area contributed by atoms with E-state index < -0.39 is 6.09 Å². The van der Waals surface area contributed by atoms with Crippen molar-refractivity contribution in [1.82, 2.24) is 5.32 Å². The highest BCUT2D eigenvalue weighted by Gasteiger charge is 2.02. The highest BCUT2D eigenvalue weighted by Crippen LogP contribution is 1.91. The molecule has 0 aliphatic rings. The van der Waals surface area contributed by atoms with Crippen LogP contribution in [0.25, 0.3) is 0 Å². The highest BCUT2D eigenvalue weighted by atomic mass is 32.1. The third kappa shape index (κ3) is 7.52. The number of unbranched alkanes of at least 4 members (excludes halogenated alkanes) is 1. The molecule has 1 unspecified atom stereocenters. The van der Waals surface area contributed by atoms with Crippen LogP contribution in [0.5, 0.6) is 0 Å². The van der Waals surface area contributed by atoms with Crippen LogP contribution in [0.15, 0.2) is 0 Å². The summed E-state index contributed by atoms with van der Waals surface area (Å²) in [7, 11) is 0. The number of carbonyl (C=O) groups is 1. The summed E-state index contributed by atoms with van der Waals surface area (Å²) in [5.41, 5.74) is 0. The van der Waals surface area contributed by atoms with Gasteiger partial charge in [0, 0.05) is 0 Å². The predicted octanol–water partition coefficient (Wildman–Crippen LogP) is 2.06. The summed E-state index contributed by atoms with van der Waals surface area (Å²) >= 11 is 4.72. The fourth-order valence-corrected chi connectivity index (χ4v) is 0.613. The van der Waals surface area contributed by atoms with Crippen LogP contribution in [0.4, 0.5) is 4.79 Å². The molecule has 11 heavy (non-hydrogen) atoms. The van der Waals surface area contributed by atoms with Crippen molar-refractivity contribution in [3.05, 3.63) is 0 Å². The highest BCUT2D eigenvalue weighted by molar-refractivity contribution is 7.80. The van der Waals surface area contributed by atoms with E-state index in [9.17, 15) is 4.79 Å². The molecule has 0 spiro atoms. The lowest BCUT2D eigenvalue weighted by molar-refractivity contribution is 0.144. The standard InChI is InChI=1S/C7H14NO2S/c1-3-4-5-10-7(9)8-6(2)11/h6H,3-5H2,1-2H3,(H,8,9). The number of hydrogen-bond acceptors (Lipinski definition) is 2. The third-order valence-electron chi connectivity index (χ3n) is 1.05. The third-order valence-corrected chi connectivity index (χ3v) is 1.17. The molecule has 1 N–H and O–H groups in total. The Balaban J connectivity index is 3.23. The second-order valence-electron chi connectivity index (χ2n) is 2.28. The molecule has 0 heterocycles. The summed E-state index contributed by atoms with van der Waals surface area (Å²) < 4.78 is 4.78. The molecule has 3 nitrogen and oxygen atoms in total. The van der Waals surface area contributed by atoms with Crippen molar-refractivity contribution < 1.29 is 9.53 Å². The Morgan fingerprint density at radius 2 is 2.36 bits per heavy atom. The van der Waals surface area contributed by atoms with Crippen LogP contribution in [0.3, 0.4) is 0 Å². The lowest BCUT2D eigenvalue weighted by Crippen LogP contribution is -2.29. The summed E-state index contributed by atoms with van der Waals surface area (Å²) in [4.78, 5) is 10.7. The summed E-state index contributed by atoms with van der Waals surface area (Å²) in [6, 6.07) is 0. The number of rotatable bonds is 4. The molecule has 0 saturated heterocycles. The van der Waals surface area contributed by atoms with Gasteiger partial charge in [0.2, 0.25) is 0 Å². The number of amides is 1. The number of hydrogen-bond donors (Lipinski definition) is 1. The molecule has 0 saturated carbocycles. The summed E-state index contributed by atoms with van der Waals surface area (Å²) in [5, 5.41) is 2.20. The van der Waals surface area contributed by atoms with Crippen LogP contribution in [-0.2, 0) is 4.74 Å². The van der Waals surface area contributed by atoms with Gasteiger partial charge in [-0.3, -0.25) is 0 Å². The fraction of sp³-hybridized carbons (Fsp3) is 0.857. The molecule has 1 amide bonds. The molecule has 0 rings (SSSR count). The molecular weight excluding hydrogens is 162 g/mol. The van der Waals surface area contributed by atoms with E-state index in [0.29, 0.717) is 6.61 Å². The van der Waals surface area contributed by atoms with E-state index in [1.807, 2.05) is 6.92 Å². The topological polar surface area (TPSA) is 38.3 Å². The fourth-order valence-electron chi connectivity index (χ4n) is 0.517. The van der Waals surface area contributed by atoms with Crippen LogP contribution in [0, 0.1) is 0 Å². The molecule has 0 aliphatic heterocycles. The van der Waals surface area contributed by atoms with Gasteiger partial charge in [0.05, 0.1) is 12.0 Å². The molecule has 0 aromatic carbocycles. The van der Waals surface area contributed by atoms with Crippen molar-refractivity contribution in [2.75, 3.05) is 6.61 Å². The van der Waals surface area contributed by atoms with Crippen LogP contribution < -0.4 is 5.32 Å². The zero-order chi connectivity index (χ0) is 8.69. The monoisotopic (exact) mass is 176 g/mol. The van der Waals surface area contributed by atoms with Gasteiger partial charge < -0.3 is 10.1 Å². The van der Waals surface area contributed by atoms with Crippen molar-refractivity contribution in [2.24, 2.45) is 0 Å². The Kier molecular flexibility index (Phi) is 6.12. The second-order valence-corrected chi connectivity index (χ2v) is 2.98. The van der Waals surface area contributed by atoms with Gasteiger partial charge in [-0.1, -0.05) is 26.0 Å². The molecular formula is C7H14NO2S. The van der Waals surface area contributed by atoms with Gasteiger partial charge in [-0.2, -0.15) is 0 Å². The molecule has 4 heteroatoms. The molecule has 1 radical (unpaired) electrons. The Bertz CT molecular complexity index is 117. The van der Waals surface area contributed by atoms with Gasteiger partial charge in [-0.25, -0.2) is 4.79 Å². The first-order valence-electron chi connectivity index (χ1n) is 3.76. The van der Waals surface area contributed by atoms with Gasteiger partial charge in [0.25, 0.3) is 0 Å². The zero-order valence-corrected chi connectivity index (χ0v) is 7.74. The van der Waals surface area contributed by atoms with E-state index in [0.717, 1.165) is 12.8 Å². The van der Waals surface area contributed by atoms with Crippen molar-refractivity contribution in [2.45, 2.75) is 32.1 Å². The number of nitrogens with one attached hydrogen (secondary N) is 1. The van der Waals surface area contributed by atoms with E-state index in [-0.39, 0.29) is 5.37 Å². The van der Waals surface area contributed by atoms with E-state index in [4.69, 9.17) is 17.4 Å². The number of ether oxygens (including phenoxy) is 1. The van der Waals surface area contributed by atoms with Crippen LogP contribution in [0.2, 0.25) is 0 Å². The summed E-state index contributed by atoms with van der Waals surface area (Å²) in [5.74, 6) is 0. The molecule has 0 aliphatic carbocycles. The number of carbonyl (C=O) groups excluding carboxylic acids is 1. The normalized spacial score (nSPS) is 12.3. The molecule has 0 aromatic heterocycles. The molecule has 0 bridgehead atoms. The van der Waals surface area contributed by atoms with Gasteiger partial charge >= 0.3 is 6.09 Å². The SMILES string of the molecule is CCCCOC(=O)NC(C)[S]. The minimum atomic E-state index is -0.416. The van der Waals surface area contributed by atoms with E-state index >= 15 is 0 Å². The quantitative estimate of drug-likeness (QED) is 0.666. The number of alkyl carbamates (subject to hydrolysis) is 1. The lowest BCUT2D eigenvalue weighted by atomic mass is 10.4. The maximum Gasteiger partial charge on any atom is 0.408 e. The van der Waals surface area contributed by atoms with Crippen LogP contribution in [0.1, 0.15) is 26.7 Å². The Morgan fingerprint density at radius 1 is 1.73 bits per heavy atom.